The van der Waals surface area contributed by atoms with Crippen molar-refractivity contribution in [2.24, 2.45) is 0 Å². The molecule has 3 rings (SSSR count). The molecule has 2 aromatic rings. The van der Waals surface area contributed by atoms with E-state index in [1.165, 1.54) is 29.2 Å². The lowest BCUT2D eigenvalue weighted by Gasteiger charge is -2.26. The molecule has 1 amide bonds. The fourth-order valence-electron chi connectivity index (χ4n) is 3.17. The number of aliphatic hydroxyl groups is 1. The molecule has 1 aliphatic rings. The van der Waals surface area contributed by atoms with Gasteiger partial charge in [0.1, 0.15) is 11.6 Å². The lowest BCUT2D eigenvalue weighted by atomic mass is 9.95. The Morgan fingerprint density at radius 3 is 2.29 bits per heavy atom. The number of carbonyl (C=O) groups is 2. The second-order valence-electron chi connectivity index (χ2n) is 6.85. The Bertz CT molecular complexity index is 924. The second-order valence-corrected chi connectivity index (χ2v) is 7.29. The molecular weight excluding hydrogens is 383 g/mol. The van der Waals surface area contributed by atoms with Crippen LogP contribution in [-0.2, 0) is 9.59 Å². The predicted molar refractivity (Wildman–Crippen MR) is 105 cm³/mol. The van der Waals surface area contributed by atoms with Crippen molar-refractivity contribution in [3.8, 4) is 0 Å². The van der Waals surface area contributed by atoms with Gasteiger partial charge >= 0.3 is 0 Å². The number of halogens is 2. The number of hydrogen-bond acceptors (Lipinski definition) is 4. The van der Waals surface area contributed by atoms with E-state index in [0.29, 0.717) is 23.7 Å². The van der Waals surface area contributed by atoms with Crippen LogP contribution in [0.2, 0.25) is 5.02 Å². The van der Waals surface area contributed by atoms with E-state index in [9.17, 15) is 19.1 Å². The van der Waals surface area contributed by atoms with Crippen LogP contribution in [0.3, 0.4) is 0 Å². The monoisotopic (exact) mass is 402 g/mol. The highest BCUT2D eigenvalue weighted by Crippen LogP contribution is 2.39. The van der Waals surface area contributed by atoms with Crippen LogP contribution < -0.4 is 0 Å². The van der Waals surface area contributed by atoms with E-state index in [-0.39, 0.29) is 16.9 Å². The van der Waals surface area contributed by atoms with Crippen LogP contribution in [0, 0.1) is 5.82 Å². The number of ketones is 1. The summed E-state index contributed by atoms with van der Waals surface area (Å²) in [6.45, 7) is 0.860. The predicted octanol–water partition coefficient (Wildman–Crippen LogP) is 3.46. The van der Waals surface area contributed by atoms with Crippen LogP contribution >= 0.6 is 11.6 Å². The average molecular weight is 403 g/mol. The van der Waals surface area contributed by atoms with E-state index >= 15 is 0 Å². The molecule has 146 valence electrons. The molecule has 1 atom stereocenters. The van der Waals surface area contributed by atoms with Gasteiger partial charge in [-0.1, -0.05) is 23.7 Å². The topological polar surface area (TPSA) is 60.9 Å². The van der Waals surface area contributed by atoms with Crippen LogP contribution in [0.4, 0.5) is 4.39 Å². The number of nitrogens with zero attached hydrogens (tertiary/aromatic N) is 2. The van der Waals surface area contributed by atoms with E-state index in [1.807, 2.05) is 19.0 Å². The van der Waals surface area contributed by atoms with Crippen LogP contribution in [0.5, 0.6) is 0 Å². The Hall–Kier alpha value is -2.70. The van der Waals surface area contributed by atoms with Crippen molar-refractivity contribution in [2.45, 2.75) is 6.04 Å². The summed E-state index contributed by atoms with van der Waals surface area (Å²) in [5.41, 5.74) is 0.912. The number of rotatable bonds is 5. The average Bonchev–Trinajstić information content (AvgIpc) is 2.91. The fourth-order valence-corrected chi connectivity index (χ4v) is 3.30. The van der Waals surface area contributed by atoms with Crippen LogP contribution in [0.25, 0.3) is 5.76 Å². The molecule has 2 aromatic carbocycles. The van der Waals surface area contributed by atoms with Gasteiger partial charge in [-0.2, -0.15) is 0 Å². The molecule has 1 heterocycles. The van der Waals surface area contributed by atoms with Crippen molar-refractivity contribution in [1.82, 2.24) is 9.80 Å². The molecule has 1 fully saturated rings. The van der Waals surface area contributed by atoms with Gasteiger partial charge in [0.2, 0.25) is 0 Å². The van der Waals surface area contributed by atoms with Crippen molar-refractivity contribution in [3.05, 3.63) is 76.1 Å². The van der Waals surface area contributed by atoms with E-state index in [0.717, 1.165) is 0 Å². The number of likely N-dealkylation sites (N-methyl/N-ethyl adjacent to an activating group) is 1. The van der Waals surface area contributed by atoms with Gasteiger partial charge in [-0.05, 0) is 56.1 Å². The molecule has 1 aliphatic heterocycles. The third-order valence-electron chi connectivity index (χ3n) is 4.63. The summed E-state index contributed by atoms with van der Waals surface area (Å²) >= 11 is 5.97. The first-order chi connectivity index (χ1) is 13.3. The number of hydrogen-bond donors (Lipinski definition) is 1. The Kier molecular flexibility index (Phi) is 5.82. The fraction of sp³-hybridized carbons (Fsp3) is 0.238. The molecule has 1 saturated heterocycles. The number of likely N-dealkylation sites (tertiary alicyclic amines) is 1. The summed E-state index contributed by atoms with van der Waals surface area (Å²) in [7, 11) is 3.73. The first kappa shape index (κ1) is 20.0. The number of Topliss-reactive ketones (excluding diaryl/α,β-unsaturated/α-hetero) is 1. The van der Waals surface area contributed by atoms with Crippen molar-refractivity contribution < 1.29 is 19.1 Å². The van der Waals surface area contributed by atoms with Gasteiger partial charge in [0.15, 0.2) is 0 Å². The highest BCUT2D eigenvalue weighted by atomic mass is 35.5. The normalized spacial score (nSPS) is 18.9. The summed E-state index contributed by atoms with van der Waals surface area (Å²) < 4.78 is 13.2. The van der Waals surface area contributed by atoms with Gasteiger partial charge in [0.25, 0.3) is 11.7 Å². The largest absolute Gasteiger partial charge is 0.507 e. The zero-order valence-electron chi connectivity index (χ0n) is 15.5. The van der Waals surface area contributed by atoms with E-state index in [1.54, 1.807) is 24.3 Å². The van der Waals surface area contributed by atoms with Crippen LogP contribution in [0.1, 0.15) is 17.2 Å². The second kappa shape index (κ2) is 8.12. The third-order valence-corrected chi connectivity index (χ3v) is 4.88. The molecule has 28 heavy (non-hydrogen) atoms. The Balaban J connectivity index is 2.13. The number of aliphatic hydroxyl groups excluding tert-OH is 1. The first-order valence-electron chi connectivity index (χ1n) is 8.74. The third kappa shape index (κ3) is 3.93. The summed E-state index contributed by atoms with van der Waals surface area (Å²) in [6, 6.07) is 11.2. The standard InChI is InChI=1S/C21H20ClFN2O3/c1-24(2)11-12-25-18(13-3-7-15(22)8-4-13)17(20(27)21(25)28)19(26)14-5-9-16(23)10-6-14/h3-10,18,26H,11-12H2,1-2H3/b19-17-. The molecular formula is C21H20ClFN2O3. The van der Waals surface area contributed by atoms with Gasteiger partial charge in [-0.15, -0.1) is 0 Å². The lowest BCUT2D eigenvalue weighted by molar-refractivity contribution is -0.140. The zero-order chi connectivity index (χ0) is 20.4. The minimum Gasteiger partial charge on any atom is -0.507 e. The molecule has 0 bridgehead atoms. The summed E-state index contributed by atoms with van der Waals surface area (Å²) in [5.74, 6) is -2.23. The molecule has 5 nitrogen and oxygen atoms in total. The Morgan fingerprint density at radius 1 is 1.11 bits per heavy atom. The van der Waals surface area contributed by atoms with Gasteiger partial charge in [-0.3, -0.25) is 9.59 Å². The molecule has 1 unspecified atom stereocenters. The highest BCUT2D eigenvalue weighted by molar-refractivity contribution is 6.46. The smallest absolute Gasteiger partial charge is 0.295 e. The lowest BCUT2D eigenvalue weighted by Crippen LogP contribution is -2.35. The molecule has 0 aromatic heterocycles. The number of benzene rings is 2. The molecule has 0 saturated carbocycles. The Labute approximate surface area is 167 Å². The molecule has 0 aliphatic carbocycles. The Morgan fingerprint density at radius 2 is 1.71 bits per heavy atom. The molecule has 7 heteroatoms. The van der Waals surface area contributed by atoms with Gasteiger partial charge in [0.05, 0.1) is 11.6 Å². The van der Waals surface area contributed by atoms with Crippen molar-refractivity contribution in [2.75, 3.05) is 27.2 Å². The maximum atomic E-state index is 13.2. The molecule has 0 spiro atoms. The van der Waals surface area contributed by atoms with Crippen LogP contribution in [0.15, 0.2) is 54.1 Å². The van der Waals surface area contributed by atoms with E-state index < -0.39 is 23.5 Å². The van der Waals surface area contributed by atoms with E-state index in [4.69, 9.17) is 11.6 Å². The maximum Gasteiger partial charge on any atom is 0.295 e. The molecule has 1 N–H and O–H groups in total. The minimum absolute atomic E-state index is 0.0160. The SMILES string of the molecule is CN(C)CCN1C(=O)C(=O)/C(=C(\O)c2ccc(F)cc2)C1c1ccc(Cl)cc1. The first-order valence-corrected chi connectivity index (χ1v) is 9.12. The zero-order valence-corrected chi connectivity index (χ0v) is 16.3. The van der Waals surface area contributed by atoms with Crippen LogP contribution in [-0.4, -0.2) is 53.8 Å². The van der Waals surface area contributed by atoms with Crippen molar-refractivity contribution >= 4 is 29.1 Å². The van der Waals surface area contributed by atoms with E-state index in [2.05, 4.69) is 0 Å². The van der Waals surface area contributed by atoms with Crippen molar-refractivity contribution in [3.63, 3.8) is 0 Å². The van der Waals surface area contributed by atoms with Gasteiger partial charge in [0, 0.05) is 23.7 Å². The van der Waals surface area contributed by atoms with Gasteiger partial charge < -0.3 is 14.9 Å². The highest BCUT2D eigenvalue weighted by Gasteiger charge is 2.45. The van der Waals surface area contributed by atoms with Gasteiger partial charge in [-0.25, -0.2) is 4.39 Å². The maximum absolute atomic E-state index is 13.2. The number of carbonyl (C=O) groups excluding carboxylic acids is 2. The number of amides is 1. The quantitative estimate of drug-likeness (QED) is 0.472. The summed E-state index contributed by atoms with van der Waals surface area (Å²) in [4.78, 5) is 28.8. The van der Waals surface area contributed by atoms with Crippen molar-refractivity contribution in [1.29, 1.82) is 0 Å². The molecule has 0 radical (unpaired) electrons. The minimum atomic E-state index is -0.763. The summed E-state index contributed by atoms with van der Waals surface area (Å²) in [6.07, 6.45) is 0. The summed E-state index contributed by atoms with van der Waals surface area (Å²) in [5, 5.41) is 11.3.